The Morgan fingerprint density at radius 3 is 2.52 bits per heavy atom. The van der Waals surface area contributed by atoms with Crippen molar-refractivity contribution in [3.05, 3.63) is 58.1 Å². The summed E-state index contributed by atoms with van der Waals surface area (Å²) in [6, 6.07) is 8.98. The number of carbonyl (C=O) groups is 1. The third-order valence-electron chi connectivity index (χ3n) is 2.69. The van der Waals surface area contributed by atoms with Gasteiger partial charge >= 0.3 is 6.18 Å². The smallest absolute Gasteiger partial charge is 0.399 e. The van der Waals surface area contributed by atoms with Crippen molar-refractivity contribution in [1.82, 2.24) is 0 Å². The minimum Gasteiger partial charge on any atom is -0.399 e. The first-order valence-electron chi connectivity index (χ1n) is 5.81. The molecule has 0 unspecified atom stereocenters. The molecule has 0 saturated heterocycles. The van der Waals surface area contributed by atoms with Crippen LogP contribution in [0.15, 0.2) is 46.9 Å². The zero-order valence-electron chi connectivity index (χ0n) is 10.5. The quantitative estimate of drug-likeness (QED) is 0.786. The predicted octanol–water partition coefficient (Wildman–Crippen LogP) is 4.30. The van der Waals surface area contributed by atoms with Crippen molar-refractivity contribution in [3.63, 3.8) is 0 Å². The highest BCUT2D eigenvalue weighted by molar-refractivity contribution is 9.10. The first kappa shape index (κ1) is 15.4. The summed E-state index contributed by atoms with van der Waals surface area (Å²) >= 11 is 3.23. The highest BCUT2D eigenvalue weighted by atomic mass is 79.9. The lowest BCUT2D eigenvalue weighted by molar-refractivity contribution is -0.137. The van der Waals surface area contributed by atoms with Gasteiger partial charge in [0.1, 0.15) is 0 Å². The lowest BCUT2D eigenvalue weighted by atomic mass is 10.1. The molecular weight excluding hydrogens is 349 g/mol. The molecule has 0 aliphatic heterocycles. The Balaban J connectivity index is 2.27. The average Bonchev–Trinajstić information content (AvgIpc) is 2.42. The van der Waals surface area contributed by atoms with Gasteiger partial charge in [-0.25, -0.2) is 0 Å². The number of halogens is 4. The van der Waals surface area contributed by atoms with Crippen LogP contribution in [0.4, 0.5) is 24.5 Å². The van der Waals surface area contributed by atoms with E-state index < -0.39 is 17.6 Å². The number of anilines is 2. The van der Waals surface area contributed by atoms with Crippen molar-refractivity contribution in [2.24, 2.45) is 0 Å². The maximum Gasteiger partial charge on any atom is 0.416 e. The van der Waals surface area contributed by atoms with Gasteiger partial charge in [-0.3, -0.25) is 4.79 Å². The van der Waals surface area contributed by atoms with E-state index in [0.717, 1.165) is 12.1 Å². The van der Waals surface area contributed by atoms with E-state index in [1.165, 1.54) is 18.2 Å². The molecular formula is C14H10BrF3N2O. The van der Waals surface area contributed by atoms with E-state index in [0.29, 0.717) is 15.8 Å². The largest absolute Gasteiger partial charge is 0.416 e. The maximum atomic E-state index is 12.6. The van der Waals surface area contributed by atoms with Crippen LogP contribution in [0.3, 0.4) is 0 Å². The van der Waals surface area contributed by atoms with Crippen LogP contribution in [0.2, 0.25) is 0 Å². The van der Waals surface area contributed by atoms with E-state index in [2.05, 4.69) is 21.2 Å². The monoisotopic (exact) mass is 358 g/mol. The number of amides is 1. The number of hydrogen-bond acceptors (Lipinski definition) is 2. The summed E-state index contributed by atoms with van der Waals surface area (Å²) in [5, 5.41) is 2.51. The molecule has 3 nitrogen and oxygen atoms in total. The van der Waals surface area contributed by atoms with E-state index in [-0.39, 0.29) is 5.56 Å². The lowest BCUT2D eigenvalue weighted by Crippen LogP contribution is -2.14. The van der Waals surface area contributed by atoms with E-state index in [9.17, 15) is 18.0 Å². The van der Waals surface area contributed by atoms with Crippen molar-refractivity contribution in [2.45, 2.75) is 6.18 Å². The van der Waals surface area contributed by atoms with Crippen LogP contribution < -0.4 is 11.1 Å². The van der Waals surface area contributed by atoms with Gasteiger partial charge in [-0.2, -0.15) is 13.2 Å². The number of nitrogens with one attached hydrogen (secondary N) is 1. The van der Waals surface area contributed by atoms with E-state index in [4.69, 9.17) is 5.73 Å². The average molecular weight is 359 g/mol. The van der Waals surface area contributed by atoms with Crippen molar-refractivity contribution in [3.8, 4) is 0 Å². The zero-order valence-corrected chi connectivity index (χ0v) is 12.1. The number of nitrogen functional groups attached to an aromatic ring is 1. The molecule has 1 amide bonds. The summed E-state index contributed by atoms with van der Waals surface area (Å²) < 4.78 is 38.4. The van der Waals surface area contributed by atoms with E-state index in [1.54, 1.807) is 12.1 Å². The molecule has 0 atom stereocenters. The Morgan fingerprint density at radius 1 is 1.14 bits per heavy atom. The molecule has 0 aliphatic carbocycles. The molecule has 2 aromatic carbocycles. The molecule has 7 heteroatoms. The van der Waals surface area contributed by atoms with Gasteiger partial charge in [-0.15, -0.1) is 0 Å². The Labute approximate surface area is 127 Å². The fourth-order valence-electron chi connectivity index (χ4n) is 1.67. The normalized spacial score (nSPS) is 11.2. The number of carbonyl (C=O) groups excluding carboxylic acids is 1. The van der Waals surface area contributed by atoms with Gasteiger partial charge in [0, 0.05) is 15.7 Å². The van der Waals surface area contributed by atoms with Gasteiger partial charge in [0.05, 0.1) is 11.3 Å². The Morgan fingerprint density at radius 2 is 1.86 bits per heavy atom. The zero-order chi connectivity index (χ0) is 15.6. The van der Waals surface area contributed by atoms with Gasteiger partial charge in [0.2, 0.25) is 0 Å². The summed E-state index contributed by atoms with van der Waals surface area (Å²) in [4.78, 5) is 12.0. The van der Waals surface area contributed by atoms with Crippen molar-refractivity contribution in [2.75, 3.05) is 11.1 Å². The number of benzene rings is 2. The Hall–Kier alpha value is -2.02. The lowest BCUT2D eigenvalue weighted by Gasteiger charge is -2.10. The molecule has 2 aromatic rings. The second-order valence-corrected chi connectivity index (χ2v) is 5.13. The topological polar surface area (TPSA) is 55.1 Å². The van der Waals surface area contributed by atoms with Gasteiger partial charge < -0.3 is 11.1 Å². The van der Waals surface area contributed by atoms with E-state index in [1.807, 2.05) is 0 Å². The summed E-state index contributed by atoms with van der Waals surface area (Å²) in [6.45, 7) is 0. The van der Waals surface area contributed by atoms with Crippen LogP contribution in [0.1, 0.15) is 15.9 Å². The highest BCUT2D eigenvalue weighted by Crippen LogP contribution is 2.30. The third-order valence-corrected chi connectivity index (χ3v) is 3.38. The summed E-state index contributed by atoms with van der Waals surface area (Å²) in [5.41, 5.74) is 5.46. The molecule has 0 fully saturated rings. The molecule has 3 N–H and O–H groups in total. The van der Waals surface area contributed by atoms with Gasteiger partial charge in [0.15, 0.2) is 0 Å². The van der Waals surface area contributed by atoms with Crippen LogP contribution in [-0.4, -0.2) is 5.91 Å². The number of alkyl halides is 3. The van der Waals surface area contributed by atoms with Gasteiger partial charge in [0.25, 0.3) is 5.91 Å². The third kappa shape index (κ3) is 3.75. The van der Waals surface area contributed by atoms with Crippen LogP contribution in [-0.2, 0) is 6.18 Å². The fraction of sp³-hybridized carbons (Fsp3) is 0.0714. The number of hydrogen-bond donors (Lipinski definition) is 2. The van der Waals surface area contributed by atoms with Crippen LogP contribution in [0.5, 0.6) is 0 Å². The minimum atomic E-state index is -4.49. The first-order valence-corrected chi connectivity index (χ1v) is 6.60. The molecule has 0 saturated carbocycles. The standard InChI is InChI=1S/C14H10BrF3N2O/c15-11-5-4-10(19)7-12(11)20-13(21)8-2-1-3-9(6-8)14(16,17)18/h1-7H,19H2,(H,20,21). The molecule has 2 rings (SSSR count). The van der Waals surface area contributed by atoms with Gasteiger partial charge in [-0.1, -0.05) is 6.07 Å². The number of nitrogens with two attached hydrogens (primary N) is 1. The molecule has 0 spiro atoms. The second kappa shape index (κ2) is 5.77. The highest BCUT2D eigenvalue weighted by Gasteiger charge is 2.30. The Kier molecular flexibility index (Phi) is 4.22. The molecule has 21 heavy (non-hydrogen) atoms. The van der Waals surface area contributed by atoms with Crippen LogP contribution >= 0.6 is 15.9 Å². The molecule has 0 bridgehead atoms. The minimum absolute atomic E-state index is 0.0841. The Bertz CT molecular complexity index is 686. The van der Waals surface area contributed by atoms with Crippen LogP contribution in [0.25, 0.3) is 0 Å². The fourth-order valence-corrected chi connectivity index (χ4v) is 2.02. The molecule has 110 valence electrons. The van der Waals surface area contributed by atoms with Crippen molar-refractivity contribution in [1.29, 1.82) is 0 Å². The summed E-state index contributed by atoms with van der Waals surface area (Å²) in [6.07, 6.45) is -4.49. The van der Waals surface area contributed by atoms with Crippen molar-refractivity contribution >= 4 is 33.2 Å². The number of rotatable bonds is 2. The van der Waals surface area contributed by atoms with Crippen LogP contribution in [0, 0.1) is 0 Å². The SMILES string of the molecule is Nc1ccc(Br)c(NC(=O)c2cccc(C(F)(F)F)c2)c1. The van der Waals surface area contributed by atoms with Gasteiger partial charge in [-0.05, 0) is 52.3 Å². The molecule has 0 radical (unpaired) electrons. The molecule has 0 aliphatic rings. The van der Waals surface area contributed by atoms with Crippen molar-refractivity contribution < 1.29 is 18.0 Å². The molecule has 0 aromatic heterocycles. The predicted molar refractivity (Wildman–Crippen MR) is 78.0 cm³/mol. The second-order valence-electron chi connectivity index (χ2n) is 4.27. The maximum absolute atomic E-state index is 12.6. The summed E-state index contributed by atoms with van der Waals surface area (Å²) in [7, 11) is 0. The van der Waals surface area contributed by atoms with E-state index >= 15 is 0 Å². The first-order chi connectivity index (χ1) is 9.77. The summed E-state index contributed by atoms with van der Waals surface area (Å²) in [5.74, 6) is -0.646. The molecule has 0 heterocycles.